The summed E-state index contributed by atoms with van der Waals surface area (Å²) >= 11 is 0. The largest absolute Gasteiger partial charge is 0.493 e. The van der Waals surface area contributed by atoms with Gasteiger partial charge in [-0.15, -0.1) is 0 Å². The highest BCUT2D eigenvalue weighted by Gasteiger charge is 2.25. The number of amides is 1. The second kappa shape index (κ2) is 8.59. The Balaban J connectivity index is 1.82. The summed E-state index contributed by atoms with van der Waals surface area (Å²) in [4.78, 5) is 29.1. The van der Waals surface area contributed by atoms with Gasteiger partial charge in [-0.2, -0.15) is 4.98 Å². The predicted molar refractivity (Wildman–Crippen MR) is 114 cm³/mol. The summed E-state index contributed by atoms with van der Waals surface area (Å²) in [6, 6.07) is 3.54. The monoisotopic (exact) mass is 396 g/mol. The molecule has 1 aromatic heterocycles. The Bertz CT molecular complexity index is 980. The number of ether oxygens (including phenoxy) is 2. The van der Waals surface area contributed by atoms with Gasteiger partial charge in [0.1, 0.15) is 11.5 Å². The Kier molecular flexibility index (Phi) is 5.96. The highest BCUT2D eigenvalue weighted by molar-refractivity contribution is 5.94. The number of nitrogen functional groups attached to an aromatic ring is 1. The van der Waals surface area contributed by atoms with Crippen molar-refractivity contribution in [3.8, 4) is 11.5 Å². The van der Waals surface area contributed by atoms with Crippen molar-refractivity contribution in [2.75, 3.05) is 51.0 Å². The molecule has 29 heavy (non-hydrogen) atoms. The average molecular weight is 396 g/mol. The van der Waals surface area contributed by atoms with Gasteiger partial charge in [-0.3, -0.25) is 9.79 Å². The lowest BCUT2D eigenvalue weighted by Gasteiger charge is -2.34. The molecule has 0 atom stereocenters. The van der Waals surface area contributed by atoms with E-state index in [1.807, 2.05) is 4.90 Å². The normalized spacial score (nSPS) is 14.6. The van der Waals surface area contributed by atoms with Crippen molar-refractivity contribution < 1.29 is 14.3 Å². The smallest absolute Gasteiger partial charge is 0.272 e. The number of nitrogens with zero attached hydrogens (tertiary/aromatic N) is 5. The van der Waals surface area contributed by atoms with Crippen molar-refractivity contribution in [2.45, 2.75) is 0 Å². The van der Waals surface area contributed by atoms with Gasteiger partial charge in [-0.25, -0.2) is 4.98 Å². The van der Waals surface area contributed by atoms with Crippen LogP contribution < -0.4 is 20.1 Å². The van der Waals surface area contributed by atoms with Crippen LogP contribution in [0.15, 0.2) is 41.6 Å². The zero-order chi connectivity index (χ0) is 21.0. The van der Waals surface area contributed by atoms with E-state index in [0.717, 1.165) is 0 Å². The number of benzene rings is 1. The van der Waals surface area contributed by atoms with Gasteiger partial charge >= 0.3 is 0 Å². The number of methoxy groups -OCH3 is 2. The molecule has 0 aliphatic carbocycles. The Morgan fingerprint density at radius 2 is 1.83 bits per heavy atom. The first-order valence-corrected chi connectivity index (χ1v) is 9.05. The summed E-state index contributed by atoms with van der Waals surface area (Å²) in [5.41, 5.74) is 7.11. The van der Waals surface area contributed by atoms with Gasteiger partial charge < -0.3 is 25.0 Å². The minimum atomic E-state index is -0.171. The van der Waals surface area contributed by atoms with Crippen LogP contribution in [0.25, 0.3) is 10.9 Å². The SMILES string of the molecule is C=C/C=C(\N=C)C(=O)N1CCN(c2nc(N)c3cc(OC)c(OC)cc3n2)CC1. The molecule has 0 saturated carbocycles. The van der Waals surface area contributed by atoms with Gasteiger partial charge in [-0.1, -0.05) is 12.7 Å². The third kappa shape index (κ3) is 3.98. The third-order valence-corrected chi connectivity index (χ3v) is 4.73. The first-order chi connectivity index (χ1) is 14.0. The fourth-order valence-corrected chi connectivity index (χ4v) is 3.18. The molecular formula is C20H24N6O3. The molecule has 0 spiro atoms. The molecule has 0 bridgehead atoms. The quantitative estimate of drug-likeness (QED) is 0.449. The summed E-state index contributed by atoms with van der Waals surface area (Å²) in [5, 5.41) is 0.691. The van der Waals surface area contributed by atoms with Crippen molar-refractivity contribution in [1.82, 2.24) is 14.9 Å². The fraction of sp³-hybridized carbons (Fsp3) is 0.300. The van der Waals surface area contributed by atoms with E-state index >= 15 is 0 Å². The van der Waals surface area contributed by atoms with Crippen LogP contribution in [0.5, 0.6) is 11.5 Å². The zero-order valence-electron chi connectivity index (χ0n) is 16.6. The maximum absolute atomic E-state index is 12.5. The number of carbonyl (C=O) groups is 1. The number of carbonyl (C=O) groups excluding carboxylic acids is 1. The number of piperazine rings is 1. The van der Waals surface area contributed by atoms with Crippen LogP contribution in [0.1, 0.15) is 0 Å². The number of aromatic nitrogens is 2. The molecule has 1 aromatic carbocycles. The van der Waals surface area contributed by atoms with Gasteiger partial charge in [-0.05, 0) is 18.9 Å². The van der Waals surface area contributed by atoms with Crippen LogP contribution in [0.4, 0.5) is 11.8 Å². The summed E-state index contributed by atoms with van der Waals surface area (Å²) in [6.45, 7) is 9.21. The zero-order valence-corrected chi connectivity index (χ0v) is 16.6. The van der Waals surface area contributed by atoms with E-state index < -0.39 is 0 Å². The molecule has 1 amide bonds. The van der Waals surface area contributed by atoms with Gasteiger partial charge in [0.15, 0.2) is 11.5 Å². The second-order valence-electron chi connectivity index (χ2n) is 6.36. The van der Waals surface area contributed by atoms with Crippen molar-refractivity contribution in [1.29, 1.82) is 0 Å². The second-order valence-corrected chi connectivity index (χ2v) is 6.36. The lowest BCUT2D eigenvalue weighted by Crippen LogP contribution is -2.49. The lowest BCUT2D eigenvalue weighted by molar-refractivity contribution is -0.127. The molecule has 152 valence electrons. The Morgan fingerprint density at radius 3 is 2.41 bits per heavy atom. The minimum absolute atomic E-state index is 0.171. The molecule has 3 rings (SSSR count). The molecule has 0 radical (unpaired) electrons. The van der Waals surface area contributed by atoms with Crippen LogP contribution >= 0.6 is 0 Å². The van der Waals surface area contributed by atoms with Crippen LogP contribution in [0.2, 0.25) is 0 Å². The number of rotatable bonds is 6. The molecule has 0 unspecified atom stereocenters. The van der Waals surface area contributed by atoms with E-state index in [1.165, 1.54) is 6.08 Å². The summed E-state index contributed by atoms with van der Waals surface area (Å²) in [5.74, 6) is 1.83. The fourth-order valence-electron chi connectivity index (χ4n) is 3.18. The number of aliphatic imine (C=N–C) groups is 1. The average Bonchev–Trinajstić information content (AvgIpc) is 2.76. The first-order valence-electron chi connectivity index (χ1n) is 9.05. The molecule has 2 N–H and O–H groups in total. The van der Waals surface area contributed by atoms with Crippen LogP contribution in [0.3, 0.4) is 0 Å². The van der Waals surface area contributed by atoms with Gasteiger partial charge in [0.25, 0.3) is 5.91 Å². The van der Waals surface area contributed by atoms with Crippen LogP contribution in [0, 0.1) is 0 Å². The molecule has 1 aliphatic heterocycles. The Morgan fingerprint density at radius 1 is 1.17 bits per heavy atom. The summed E-state index contributed by atoms with van der Waals surface area (Å²) in [6.07, 6.45) is 3.07. The number of nitrogens with two attached hydrogens (primary N) is 1. The number of hydrogen-bond donors (Lipinski definition) is 1. The number of hydrogen-bond acceptors (Lipinski definition) is 8. The van der Waals surface area contributed by atoms with Gasteiger partial charge in [0, 0.05) is 37.6 Å². The van der Waals surface area contributed by atoms with E-state index in [4.69, 9.17) is 15.2 Å². The highest BCUT2D eigenvalue weighted by Crippen LogP contribution is 2.34. The summed E-state index contributed by atoms with van der Waals surface area (Å²) < 4.78 is 10.7. The molecule has 2 aromatic rings. The van der Waals surface area contributed by atoms with Crippen molar-refractivity contribution >= 4 is 35.3 Å². The Hall–Kier alpha value is -3.62. The number of allylic oxidation sites excluding steroid dienone is 2. The highest BCUT2D eigenvalue weighted by atomic mass is 16.5. The molecule has 1 saturated heterocycles. The lowest BCUT2D eigenvalue weighted by atomic mass is 10.2. The predicted octanol–water partition coefficient (Wildman–Crippen LogP) is 1.65. The topological polar surface area (TPSA) is 106 Å². The molecule has 9 heteroatoms. The van der Waals surface area contributed by atoms with E-state index in [2.05, 4.69) is 28.3 Å². The molecular weight excluding hydrogens is 372 g/mol. The van der Waals surface area contributed by atoms with Gasteiger partial charge in [0.2, 0.25) is 5.95 Å². The van der Waals surface area contributed by atoms with E-state index in [1.54, 1.807) is 37.3 Å². The number of fused-ring (bicyclic) bond motifs is 1. The van der Waals surface area contributed by atoms with E-state index in [0.29, 0.717) is 60.3 Å². The van der Waals surface area contributed by atoms with Gasteiger partial charge in [0.05, 0.1) is 19.7 Å². The first kappa shape index (κ1) is 20.1. The van der Waals surface area contributed by atoms with Crippen molar-refractivity contribution in [3.05, 3.63) is 36.6 Å². The maximum Gasteiger partial charge on any atom is 0.272 e. The van der Waals surface area contributed by atoms with Crippen LogP contribution in [-0.4, -0.2) is 67.9 Å². The third-order valence-electron chi connectivity index (χ3n) is 4.73. The minimum Gasteiger partial charge on any atom is -0.493 e. The Labute approximate surface area is 169 Å². The summed E-state index contributed by atoms with van der Waals surface area (Å²) in [7, 11) is 3.13. The standard InChI is InChI=1S/C20H24N6O3/c1-5-6-14(22-2)19(27)25-7-9-26(10-8-25)20-23-15-12-17(29-4)16(28-3)11-13(15)18(21)24-20/h5-6,11-12H,1-2,7-10H2,3-4H3,(H2,21,23,24)/b14-6-. The van der Waals surface area contributed by atoms with E-state index in [-0.39, 0.29) is 11.6 Å². The molecule has 9 nitrogen and oxygen atoms in total. The van der Waals surface area contributed by atoms with Crippen LogP contribution in [-0.2, 0) is 4.79 Å². The van der Waals surface area contributed by atoms with Crippen molar-refractivity contribution in [3.63, 3.8) is 0 Å². The van der Waals surface area contributed by atoms with E-state index in [9.17, 15) is 4.79 Å². The molecule has 2 heterocycles. The molecule has 1 fully saturated rings. The molecule has 1 aliphatic rings. The maximum atomic E-state index is 12.5. The van der Waals surface area contributed by atoms with Crippen molar-refractivity contribution in [2.24, 2.45) is 4.99 Å². The number of anilines is 2.